The second-order valence-corrected chi connectivity index (χ2v) is 4.82. The molecule has 1 aliphatic rings. The molecule has 3 nitrogen and oxygen atoms in total. The molecule has 0 spiro atoms. The average Bonchev–Trinajstić information content (AvgIpc) is 2.69. The highest BCUT2D eigenvalue weighted by Gasteiger charge is 2.22. The van der Waals surface area contributed by atoms with Crippen molar-refractivity contribution in [2.45, 2.75) is 25.9 Å². The molecule has 15 heavy (non-hydrogen) atoms. The first kappa shape index (κ1) is 12.9. The number of piperazine rings is 1. The average molecular weight is 248 g/mol. The molecule has 2 atom stereocenters. The van der Waals surface area contributed by atoms with Gasteiger partial charge < -0.3 is 5.32 Å². The number of aromatic nitrogens is 1. The minimum atomic E-state index is 0. The molecular formula is C10H18ClN3S. The Balaban J connectivity index is 0.00000112. The zero-order chi connectivity index (χ0) is 9.97. The van der Waals surface area contributed by atoms with Crippen LogP contribution in [0.25, 0.3) is 0 Å². The highest BCUT2D eigenvalue weighted by molar-refractivity contribution is 7.09. The smallest absolute Gasteiger partial charge is 0.109 e. The van der Waals surface area contributed by atoms with E-state index in [0.717, 1.165) is 19.6 Å². The topological polar surface area (TPSA) is 28.2 Å². The van der Waals surface area contributed by atoms with Crippen molar-refractivity contribution < 1.29 is 0 Å². The van der Waals surface area contributed by atoms with Crippen molar-refractivity contribution in [3.8, 4) is 0 Å². The lowest BCUT2D eigenvalue weighted by atomic mass is 10.2. The van der Waals surface area contributed by atoms with Crippen LogP contribution in [0.4, 0.5) is 0 Å². The van der Waals surface area contributed by atoms with Gasteiger partial charge in [0.1, 0.15) is 5.01 Å². The number of thiazole rings is 1. The van der Waals surface area contributed by atoms with Crippen molar-refractivity contribution in [1.29, 1.82) is 0 Å². The van der Waals surface area contributed by atoms with Gasteiger partial charge in [0.25, 0.3) is 0 Å². The minimum Gasteiger partial charge on any atom is -0.312 e. The molecule has 5 heteroatoms. The predicted molar refractivity (Wildman–Crippen MR) is 66.8 cm³/mol. The number of rotatable bonds is 2. The van der Waals surface area contributed by atoms with Crippen LogP contribution in [0.15, 0.2) is 11.6 Å². The summed E-state index contributed by atoms with van der Waals surface area (Å²) in [6.45, 7) is 7.83. The largest absolute Gasteiger partial charge is 0.312 e. The second-order valence-electron chi connectivity index (χ2n) is 3.90. The van der Waals surface area contributed by atoms with Gasteiger partial charge >= 0.3 is 0 Å². The quantitative estimate of drug-likeness (QED) is 0.866. The molecule has 1 N–H and O–H groups in total. The van der Waals surface area contributed by atoms with E-state index in [9.17, 15) is 0 Å². The molecule has 0 aromatic carbocycles. The van der Waals surface area contributed by atoms with Gasteiger partial charge in [-0.25, -0.2) is 4.98 Å². The number of hydrogen-bond acceptors (Lipinski definition) is 4. The third-order valence-electron chi connectivity index (χ3n) is 2.76. The molecular weight excluding hydrogens is 230 g/mol. The van der Waals surface area contributed by atoms with Gasteiger partial charge in [0.05, 0.1) is 6.04 Å². The van der Waals surface area contributed by atoms with E-state index < -0.39 is 0 Å². The molecule has 1 aliphatic heterocycles. The van der Waals surface area contributed by atoms with E-state index in [1.54, 1.807) is 11.3 Å². The summed E-state index contributed by atoms with van der Waals surface area (Å²) in [5.74, 6) is 0. The highest BCUT2D eigenvalue weighted by atomic mass is 35.5. The molecule has 86 valence electrons. The maximum absolute atomic E-state index is 4.37. The van der Waals surface area contributed by atoms with Crippen molar-refractivity contribution in [3.63, 3.8) is 0 Å². The first-order valence-electron chi connectivity index (χ1n) is 5.14. The summed E-state index contributed by atoms with van der Waals surface area (Å²) in [5.41, 5.74) is 0. The summed E-state index contributed by atoms with van der Waals surface area (Å²) in [6, 6.07) is 1.07. The van der Waals surface area contributed by atoms with E-state index in [-0.39, 0.29) is 12.4 Å². The van der Waals surface area contributed by atoms with Crippen LogP contribution < -0.4 is 5.32 Å². The summed E-state index contributed by atoms with van der Waals surface area (Å²) in [5, 5.41) is 6.74. The zero-order valence-electron chi connectivity index (χ0n) is 9.14. The SMILES string of the molecule is CC1CN(C(C)c2nccs2)CCN1.Cl. The Kier molecular flexibility index (Phi) is 4.99. The summed E-state index contributed by atoms with van der Waals surface area (Å²) in [7, 11) is 0. The van der Waals surface area contributed by atoms with Gasteiger partial charge in [0.2, 0.25) is 0 Å². The first-order chi connectivity index (χ1) is 6.77. The number of hydrogen-bond donors (Lipinski definition) is 1. The van der Waals surface area contributed by atoms with Crippen LogP contribution in [0.3, 0.4) is 0 Å². The van der Waals surface area contributed by atoms with Gasteiger partial charge in [-0.3, -0.25) is 4.90 Å². The van der Waals surface area contributed by atoms with Crippen molar-refractivity contribution in [2.75, 3.05) is 19.6 Å². The minimum absolute atomic E-state index is 0. The maximum Gasteiger partial charge on any atom is 0.109 e. The third-order valence-corrected chi connectivity index (χ3v) is 3.70. The van der Waals surface area contributed by atoms with Gasteiger partial charge in [0, 0.05) is 37.3 Å². The molecule has 0 saturated carbocycles. The third kappa shape index (κ3) is 3.14. The summed E-state index contributed by atoms with van der Waals surface area (Å²) < 4.78 is 0. The van der Waals surface area contributed by atoms with Gasteiger partial charge in [-0.2, -0.15) is 0 Å². The number of nitrogens with one attached hydrogen (secondary N) is 1. The standard InChI is InChI=1S/C10H17N3S.ClH/c1-8-7-13(5-3-11-8)9(2)10-12-4-6-14-10;/h4,6,8-9,11H,3,5,7H2,1-2H3;1H. The molecule has 2 unspecified atom stereocenters. The Labute approximate surface area is 101 Å². The highest BCUT2D eigenvalue weighted by Crippen LogP contribution is 2.22. The lowest BCUT2D eigenvalue weighted by Gasteiger charge is -2.35. The number of halogens is 1. The van der Waals surface area contributed by atoms with E-state index in [2.05, 4.69) is 34.4 Å². The van der Waals surface area contributed by atoms with Gasteiger partial charge in [0.15, 0.2) is 0 Å². The van der Waals surface area contributed by atoms with E-state index in [1.165, 1.54) is 5.01 Å². The zero-order valence-corrected chi connectivity index (χ0v) is 10.8. The Bertz CT molecular complexity index is 278. The summed E-state index contributed by atoms with van der Waals surface area (Å²) >= 11 is 1.75. The van der Waals surface area contributed by atoms with Crippen LogP contribution in [0.5, 0.6) is 0 Å². The van der Waals surface area contributed by atoms with E-state index >= 15 is 0 Å². The normalized spacial score (nSPS) is 24.5. The van der Waals surface area contributed by atoms with Crippen molar-refractivity contribution >= 4 is 23.7 Å². The Morgan fingerprint density at radius 3 is 3.07 bits per heavy atom. The fourth-order valence-corrected chi connectivity index (χ4v) is 2.64. The van der Waals surface area contributed by atoms with E-state index in [4.69, 9.17) is 0 Å². The lowest BCUT2D eigenvalue weighted by molar-refractivity contribution is 0.158. The fraction of sp³-hybridized carbons (Fsp3) is 0.700. The molecule has 1 aromatic heterocycles. The van der Waals surface area contributed by atoms with Gasteiger partial charge in [-0.1, -0.05) is 0 Å². The monoisotopic (exact) mass is 247 g/mol. The maximum atomic E-state index is 4.37. The van der Waals surface area contributed by atoms with Crippen LogP contribution in [-0.2, 0) is 0 Å². The molecule has 2 heterocycles. The van der Waals surface area contributed by atoms with Gasteiger partial charge in [-0.05, 0) is 13.8 Å². The van der Waals surface area contributed by atoms with Crippen molar-refractivity contribution in [2.24, 2.45) is 0 Å². The lowest BCUT2D eigenvalue weighted by Crippen LogP contribution is -2.49. The van der Waals surface area contributed by atoms with E-state index in [0.29, 0.717) is 12.1 Å². The van der Waals surface area contributed by atoms with Crippen molar-refractivity contribution in [3.05, 3.63) is 16.6 Å². The first-order valence-corrected chi connectivity index (χ1v) is 6.02. The Morgan fingerprint density at radius 2 is 2.47 bits per heavy atom. The molecule has 0 amide bonds. The van der Waals surface area contributed by atoms with Crippen LogP contribution in [-0.4, -0.2) is 35.6 Å². The predicted octanol–water partition coefficient (Wildman–Crippen LogP) is 1.92. The molecule has 0 aliphatic carbocycles. The van der Waals surface area contributed by atoms with Crippen LogP contribution >= 0.6 is 23.7 Å². The van der Waals surface area contributed by atoms with Crippen LogP contribution in [0.1, 0.15) is 24.9 Å². The Hall–Kier alpha value is -0.160. The summed E-state index contributed by atoms with van der Waals surface area (Å²) in [6.07, 6.45) is 1.89. The molecule has 1 aromatic rings. The van der Waals surface area contributed by atoms with Crippen molar-refractivity contribution in [1.82, 2.24) is 15.2 Å². The van der Waals surface area contributed by atoms with Crippen LogP contribution in [0, 0.1) is 0 Å². The molecule has 0 bridgehead atoms. The van der Waals surface area contributed by atoms with Gasteiger partial charge in [-0.15, -0.1) is 23.7 Å². The molecule has 2 rings (SSSR count). The number of nitrogens with zero attached hydrogens (tertiary/aromatic N) is 2. The molecule has 0 radical (unpaired) electrons. The fourth-order valence-electron chi connectivity index (χ4n) is 1.91. The van der Waals surface area contributed by atoms with Crippen LogP contribution in [0.2, 0.25) is 0 Å². The summed E-state index contributed by atoms with van der Waals surface area (Å²) in [4.78, 5) is 6.87. The van der Waals surface area contributed by atoms with E-state index in [1.807, 2.05) is 6.20 Å². The molecule has 1 saturated heterocycles. The second kappa shape index (κ2) is 5.80. The Morgan fingerprint density at radius 1 is 1.67 bits per heavy atom. The molecule has 1 fully saturated rings.